The molecule has 1 saturated heterocycles. The zero-order valence-corrected chi connectivity index (χ0v) is 16.5. The molecule has 29 heavy (non-hydrogen) atoms. The zero-order chi connectivity index (χ0) is 21.0. The van der Waals surface area contributed by atoms with E-state index >= 15 is 0 Å². The van der Waals surface area contributed by atoms with E-state index in [1.54, 1.807) is 30.3 Å². The van der Waals surface area contributed by atoms with E-state index in [1.165, 1.54) is 37.3 Å². The molecule has 1 fully saturated rings. The van der Waals surface area contributed by atoms with Gasteiger partial charge in [-0.1, -0.05) is 36.0 Å². The average Bonchev–Trinajstić information content (AvgIpc) is 2.97. The third-order valence-electron chi connectivity index (χ3n) is 4.19. The van der Waals surface area contributed by atoms with Crippen LogP contribution in [0, 0.1) is 5.82 Å². The number of ether oxygens (including phenoxy) is 1. The van der Waals surface area contributed by atoms with Gasteiger partial charge in [0.1, 0.15) is 16.8 Å². The number of esters is 1. The summed E-state index contributed by atoms with van der Waals surface area (Å²) in [5, 5.41) is 2.25. The van der Waals surface area contributed by atoms with Crippen LogP contribution in [0.5, 0.6) is 0 Å². The molecule has 0 bridgehead atoms. The molecule has 0 saturated carbocycles. The molecular weight excluding hydrogens is 397 g/mol. The molecule has 0 aromatic heterocycles. The Morgan fingerprint density at radius 3 is 2.62 bits per heavy atom. The predicted octanol–water partition coefficient (Wildman–Crippen LogP) is 3.20. The van der Waals surface area contributed by atoms with Crippen molar-refractivity contribution in [3.8, 4) is 0 Å². The maximum atomic E-state index is 13.8. The summed E-state index contributed by atoms with van der Waals surface area (Å²) in [5.41, 5.74) is 0.632. The number of nitrogens with one attached hydrogen (secondary N) is 1. The zero-order valence-electron chi connectivity index (χ0n) is 15.7. The fraction of sp³-hybridized carbons (Fsp3) is 0.200. The van der Waals surface area contributed by atoms with E-state index in [0.717, 1.165) is 11.8 Å². The highest BCUT2D eigenvalue weighted by atomic mass is 32.2. The van der Waals surface area contributed by atoms with E-state index < -0.39 is 22.9 Å². The van der Waals surface area contributed by atoms with Gasteiger partial charge in [0.15, 0.2) is 5.17 Å². The number of carbonyl (C=O) groups is 3. The number of para-hydroxylation sites is 2. The first kappa shape index (κ1) is 20.5. The van der Waals surface area contributed by atoms with Gasteiger partial charge in [0.25, 0.3) is 0 Å². The number of benzene rings is 2. The molecule has 1 aliphatic rings. The first-order valence-corrected chi connectivity index (χ1v) is 9.53. The first-order chi connectivity index (χ1) is 13.9. The largest absolute Gasteiger partial charge is 0.465 e. The smallest absolute Gasteiger partial charge is 0.339 e. The number of hydrogen-bond donors (Lipinski definition) is 1. The third kappa shape index (κ3) is 4.62. The number of thioether (sulfide) groups is 1. The van der Waals surface area contributed by atoms with Crippen LogP contribution in [0.25, 0.3) is 0 Å². The molecule has 3 rings (SSSR count). The van der Waals surface area contributed by atoms with E-state index in [9.17, 15) is 18.8 Å². The molecule has 1 heterocycles. The Bertz CT molecular complexity index is 995. The fourth-order valence-corrected chi connectivity index (χ4v) is 3.84. The highest BCUT2D eigenvalue weighted by Gasteiger charge is 2.37. The number of carbonyl (C=O) groups excluding carboxylic acids is 3. The van der Waals surface area contributed by atoms with Crippen molar-refractivity contribution in [2.75, 3.05) is 19.5 Å². The summed E-state index contributed by atoms with van der Waals surface area (Å²) in [7, 11) is 2.78. The normalized spacial score (nSPS) is 17.5. The molecule has 1 N–H and O–H groups in total. The molecule has 0 spiro atoms. The van der Waals surface area contributed by atoms with E-state index in [4.69, 9.17) is 4.74 Å². The molecule has 0 aliphatic carbocycles. The number of hydrogen-bond acceptors (Lipinski definition) is 6. The molecule has 2 aromatic rings. The van der Waals surface area contributed by atoms with Crippen LogP contribution in [0.2, 0.25) is 0 Å². The molecule has 1 aliphatic heterocycles. The number of amidine groups is 1. The van der Waals surface area contributed by atoms with Gasteiger partial charge in [-0.3, -0.25) is 14.5 Å². The summed E-state index contributed by atoms with van der Waals surface area (Å²) in [5.74, 6) is -1.82. The Kier molecular flexibility index (Phi) is 6.28. The molecule has 150 valence electrons. The third-order valence-corrected chi connectivity index (χ3v) is 5.42. The van der Waals surface area contributed by atoms with Crippen LogP contribution >= 0.6 is 11.8 Å². The number of nitrogens with zero attached hydrogens (tertiary/aromatic N) is 2. The van der Waals surface area contributed by atoms with E-state index in [0.29, 0.717) is 10.9 Å². The Balaban J connectivity index is 1.71. The second-order valence-electron chi connectivity index (χ2n) is 6.14. The maximum absolute atomic E-state index is 13.8. The van der Waals surface area contributed by atoms with E-state index in [-0.39, 0.29) is 23.6 Å². The Hall–Kier alpha value is -3.20. The van der Waals surface area contributed by atoms with Crippen LogP contribution in [0.3, 0.4) is 0 Å². The van der Waals surface area contributed by atoms with Crippen molar-refractivity contribution < 1.29 is 23.5 Å². The summed E-state index contributed by atoms with van der Waals surface area (Å²) >= 11 is 1.09. The standard InChI is InChI=1S/C20H18FN3O4S/c1-24-18(26)16(29-20(24)23-15-10-6-4-8-13(15)21)11-17(25)22-14-9-5-3-7-12(14)19(27)28-2/h3-10,16H,11H2,1-2H3,(H,22,25)/t16-/m0/s1. The Morgan fingerprint density at radius 1 is 1.21 bits per heavy atom. The highest BCUT2D eigenvalue weighted by molar-refractivity contribution is 8.15. The van der Waals surface area contributed by atoms with Crippen LogP contribution in [0.1, 0.15) is 16.8 Å². The van der Waals surface area contributed by atoms with Crippen molar-refractivity contribution in [3.05, 3.63) is 59.9 Å². The van der Waals surface area contributed by atoms with Gasteiger partial charge in [0, 0.05) is 13.5 Å². The SMILES string of the molecule is COC(=O)c1ccccc1NC(=O)C[C@@H]1SC(=Nc2ccccc2F)N(C)C1=O. The van der Waals surface area contributed by atoms with Gasteiger partial charge < -0.3 is 10.1 Å². The highest BCUT2D eigenvalue weighted by Crippen LogP contribution is 2.31. The molecule has 1 atom stereocenters. The summed E-state index contributed by atoms with van der Waals surface area (Å²) < 4.78 is 18.5. The van der Waals surface area contributed by atoms with Crippen molar-refractivity contribution >= 4 is 46.1 Å². The number of halogens is 1. The van der Waals surface area contributed by atoms with Crippen molar-refractivity contribution in [1.29, 1.82) is 0 Å². The lowest BCUT2D eigenvalue weighted by molar-refractivity contribution is -0.127. The van der Waals surface area contributed by atoms with Gasteiger partial charge >= 0.3 is 5.97 Å². The van der Waals surface area contributed by atoms with Crippen molar-refractivity contribution in [2.24, 2.45) is 4.99 Å². The average molecular weight is 415 g/mol. The molecule has 0 radical (unpaired) electrons. The van der Waals surface area contributed by atoms with E-state index in [2.05, 4.69) is 10.3 Å². The predicted molar refractivity (Wildman–Crippen MR) is 109 cm³/mol. The van der Waals surface area contributed by atoms with Crippen molar-refractivity contribution in [3.63, 3.8) is 0 Å². The Labute approximate surface area is 170 Å². The number of aliphatic imine (C=N–C) groups is 1. The minimum atomic E-state index is -0.698. The van der Waals surface area contributed by atoms with Crippen LogP contribution in [0.15, 0.2) is 53.5 Å². The minimum Gasteiger partial charge on any atom is -0.465 e. The van der Waals surface area contributed by atoms with Crippen LogP contribution in [-0.4, -0.2) is 47.3 Å². The lowest BCUT2D eigenvalue weighted by atomic mass is 10.1. The van der Waals surface area contributed by atoms with Crippen LogP contribution in [0.4, 0.5) is 15.8 Å². The molecule has 2 amide bonds. The van der Waals surface area contributed by atoms with E-state index in [1.807, 2.05) is 0 Å². The van der Waals surface area contributed by atoms with Crippen LogP contribution < -0.4 is 5.32 Å². The second-order valence-corrected chi connectivity index (χ2v) is 7.31. The number of anilines is 1. The van der Waals surface area contributed by atoms with Crippen molar-refractivity contribution in [2.45, 2.75) is 11.7 Å². The molecular formula is C20H18FN3O4S. The van der Waals surface area contributed by atoms with Gasteiger partial charge in [-0.2, -0.15) is 0 Å². The molecule has 2 aromatic carbocycles. The molecule has 9 heteroatoms. The molecule has 0 unspecified atom stereocenters. The van der Waals surface area contributed by atoms with Crippen LogP contribution in [-0.2, 0) is 14.3 Å². The summed E-state index contributed by atoms with van der Waals surface area (Å²) in [4.78, 5) is 42.2. The van der Waals surface area contributed by atoms with Gasteiger partial charge in [0.05, 0.1) is 18.4 Å². The summed E-state index contributed by atoms with van der Waals surface area (Å²) in [6.07, 6.45) is -0.125. The first-order valence-electron chi connectivity index (χ1n) is 8.65. The summed E-state index contributed by atoms with van der Waals surface area (Å²) in [6, 6.07) is 12.4. The maximum Gasteiger partial charge on any atom is 0.339 e. The number of rotatable bonds is 5. The topological polar surface area (TPSA) is 88.1 Å². The van der Waals surface area contributed by atoms with Gasteiger partial charge in [0.2, 0.25) is 11.8 Å². The summed E-state index contributed by atoms with van der Waals surface area (Å²) in [6.45, 7) is 0. The lowest BCUT2D eigenvalue weighted by Crippen LogP contribution is -2.30. The monoisotopic (exact) mass is 415 g/mol. The lowest BCUT2D eigenvalue weighted by Gasteiger charge is -2.11. The van der Waals surface area contributed by atoms with Gasteiger partial charge in [-0.25, -0.2) is 14.2 Å². The Morgan fingerprint density at radius 2 is 1.90 bits per heavy atom. The fourth-order valence-electron chi connectivity index (χ4n) is 2.69. The van der Waals surface area contributed by atoms with Gasteiger partial charge in [-0.05, 0) is 24.3 Å². The molecule has 7 nitrogen and oxygen atoms in total. The quantitative estimate of drug-likeness (QED) is 0.758. The minimum absolute atomic E-state index is 0.117. The van der Waals surface area contributed by atoms with Crippen molar-refractivity contribution in [1.82, 2.24) is 4.90 Å². The number of amides is 2. The second kappa shape index (κ2) is 8.87. The van der Waals surface area contributed by atoms with Gasteiger partial charge in [-0.15, -0.1) is 0 Å². The number of methoxy groups -OCH3 is 1.